The highest BCUT2D eigenvalue weighted by atomic mass is 16.3. The zero-order valence-corrected chi connectivity index (χ0v) is 11.2. The van der Waals surface area contributed by atoms with Gasteiger partial charge in [-0.15, -0.1) is 0 Å². The third kappa shape index (κ3) is 3.78. The number of carbonyl (C=O) groups is 1. The summed E-state index contributed by atoms with van der Waals surface area (Å²) in [7, 11) is 0. The minimum atomic E-state index is 0.152. The van der Waals surface area contributed by atoms with Gasteiger partial charge in [0.1, 0.15) is 0 Å². The van der Waals surface area contributed by atoms with Crippen LogP contribution in [-0.4, -0.2) is 35.6 Å². The van der Waals surface area contributed by atoms with E-state index in [1.54, 1.807) is 0 Å². The van der Waals surface area contributed by atoms with Crippen LogP contribution in [0.3, 0.4) is 0 Å². The summed E-state index contributed by atoms with van der Waals surface area (Å²) in [5, 5.41) is 9.19. The van der Waals surface area contributed by atoms with E-state index in [2.05, 4.69) is 0 Å². The number of amides is 1. The average molecular weight is 262 g/mol. The molecule has 1 amide bonds. The maximum Gasteiger partial charge on any atom is 0.226 e. The molecule has 4 heteroatoms. The molecule has 1 aromatic rings. The molecule has 1 aliphatic heterocycles. The Hall–Kier alpha value is -1.39. The van der Waals surface area contributed by atoms with Crippen LogP contribution >= 0.6 is 0 Å². The van der Waals surface area contributed by atoms with Crippen LogP contribution < -0.4 is 5.73 Å². The topological polar surface area (TPSA) is 66.6 Å². The van der Waals surface area contributed by atoms with Gasteiger partial charge in [-0.1, -0.05) is 24.3 Å². The van der Waals surface area contributed by atoms with Gasteiger partial charge in [0, 0.05) is 26.2 Å². The van der Waals surface area contributed by atoms with Crippen molar-refractivity contribution in [3.8, 4) is 0 Å². The summed E-state index contributed by atoms with van der Waals surface area (Å²) in [4.78, 5) is 14.1. The van der Waals surface area contributed by atoms with Gasteiger partial charge < -0.3 is 15.7 Å². The predicted octanol–water partition coefficient (Wildman–Crippen LogP) is 0.919. The molecule has 0 spiro atoms. The van der Waals surface area contributed by atoms with Gasteiger partial charge in [-0.3, -0.25) is 4.79 Å². The SMILES string of the molecule is NCc1ccc(CC(=O)N2CCCC(CO)C2)cc1. The van der Waals surface area contributed by atoms with E-state index in [0.717, 1.165) is 30.5 Å². The van der Waals surface area contributed by atoms with E-state index in [1.807, 2.05) is 29.2 Å². The van der Waals surface area contributed by atoms with Crippen LogP contribution in [0.4, 0.5) is 0 Å². The minimum Gasteiger partial charge on any atom is -0.396 e. The van der Waals surface area contributed by atoms with E-state index in [-0.39, 0.29) is 18.4 Å². The fraction of sp³-hybridized carbons (Fsp3) is 0.533. The smallest absolute Gasteiger partial charge is 0.226 e. The van der Waals surface area contributed by atoms with Gasteiger partial charge in [-0.25, -0.2) is 0 Å². The molecule has 4 nitrogen and oxygen atoms in total. The Morgan fingerprint density at radius 3 is 2.63 bits per heavy atom. The maximum atomic E-state index is 12.2. The van der Waals surface area contributed by atoms with Crippen LogP contribution in [0.1, 0.15) is 24.0 Å². The molecule has 1 atom stereocenters. The number of hydrogen-bond donors (Lipinski definition) is 2. The lowest BCUT2D eigenvalue weighted by molar-refractivity contribution is -0.132. The molecule has 2 rings (SSSR count). The minimum absolute atomic E-state index is 0.152. The molecule has 1 aliphatic rings. The summed E-state index contributed by atoms with van der Waals surface area (Å²) in [5.74, 6) is 0.399. The van der Waals surface area contributed by atoms with E-state index in [9.17, 15) is 9.90 Å². The Balaban J connectivity index is 1.92. The number of aliphatic hydroxyl groups is 1. The third-order valence-electron chi connectivity index (χ3n) is 3.74. The summed E-state index contributed by atoms with van der Waals surface area (Å²) in [6.45, 7) is 2.21. The van der Waals surface area contributed by atoms with Crippen molar-refractivity contribution < 1.29 is 9.90 Å². The number of hydrogen-bond acceptors (Lipinski definition) is 3. The molecule has 1 unspecified atom stereocenters. The Labute approximate surface area is 114 Å². The molecule has 0 bridgehead atoms. The standard InChI is InChI=1S/C15H22N2O2/c16-9-13-5-3-12(4-6-13)8-15(19)17-7-1-2-14(10-17)11-18/h3-6,14,18H,1-2,7-11,16H2. The lowest BCUT2D eigenvalue weighted by atomic mass is 9.98. The van der Waals surface area contributed by atoms with Crippen LogP contribution in [-0.2, 0) is 17.8 Å². The molecule has 1 aromatic carbocycles. The number of likely N-dealkylation sites (tertiary alicyclic amines) is 1. The van der Waals surface area contributed by atoms with Crippen molar-refractivity contribution in [2.24, 2.45) is 11.7 Å². The van der Waals surface area contributed by atoms with E-state index in [0.29, 0.717) is 19.5 Å². The van der Waals surface area contributed by atoms with Crippen molar-refractivity contribution in [3.05, 3.63) is 35.4 Å². The van der Waals surface area contributed by atoms with E-state index in [4.69, 9.17) is 5.73 Å². The third-order valence-corrected chi connectivity index (χ3v) is 3.74. The van der Waals surface area contributed by atoms with Crippen LogP contribution in [0.5, 0.6) is 0 Å². The molecule has 3 N–H and O–H groups in total. The highest BCUT2D eigenvalue weighted by Gasteiger charge is 2.22. The van der Waals surface area contributed by atoms with Crippen molar-refractivity contribution in [1.29, 1.82) is 0 Å². The number of rotatable bonds is 4. The van der Waals surface area contributed by atoms with Gasteiger partial charge in [0.2, 0.25) is 5.91 Å². The molecule has 1 heterocycles. The maximum absolute atomic E-state index is 12.2. The second-order valence-electron chi connectivity index (χ2n) is 5.23. The van der Waals surface area contributed by atoms with Crippen molar-refractivity contribution in [2.75, 3.05) is 19.7 Å². The molecule has 0 radical (unpaired) electrons. The lowest BCUT2D eigenvalue weighted by Crippen LogP contribution is -2.41. The first kappa shape index (κ1) is 14.0. The highest BCUT2D eigenvalue weighted by Crippen LogP contribution is 2.17. The molecule has 1 fully saturated rings. The fourth-order valence-electron chi connectivity index (χ4n) is 2.52. The molecule has 0 saturated carbocycles. The molecular formula is C15H22N2O2. The first-order valence-electron chi connectivity index (χ1n) is 6.89. The van der Waals surface area contributed by atoms with Crippen LogP contribution in [0.25, 0.3) is 0 Å². The second kappa shape index (κ2) is 6.68. The molecule has 1 saturated heterocycles. The van der Waals surface area contributed by atoms with Gasteiger partial charge in [0.05, 0.1) is 6.42 Å². The monoisotopic (exact) mass is 262 g/mol. The zero-order valence-electron chi connectivity index (χ0n) is 11.2. The van der Waals surface area contributed by atoms with Crippen molar-refractivity contribution >= 4 is 5.91 Å². The summed E-state index contributed by atoms with van der Waals surface area (Å²) < 4.78 is 0. The number of carbonyl (C=O) groups excluding carboxylic acids is 1. The number of piperidine rings is 1. The summed E-state index contributed by atoms with van der Waals surface area (Å²) in [6, 6.07) is 7.87. The van der Waals surface area contributed by atoms with Gasteiger partial charge in [0.25, 0.3) is 0 Å². The number of aliphatic hydroxyl groups excluding tert-OH is 1. The Morgan fingerprint density at radius 2 is 2.00 bits per heavy atom. The van der Waals surface area contributed by atoms with E-state index >= 15 is 0 Å². The molecule has 0 aliphatic carbocycles. The Kier molecular flexibility index (Phi) is 4.93. The zero-order chi connectivity index (χ0) is 13.7. The predicted molar refractivity (Wildman–Crippen MR) is 74.4 cm³/mol. The Bertz CT molecular complexity index is 417. The van der Waals surface area contributed by atoms with Crippen molar-refractivity contribution in [1.82, 2.24) is 4.90 Å². The van der Waals surface area contributed by atoms with Gasteiger partial charge in [-0.05, 0) is 29.9 Å². The molecular weight excluding hydrogens is 240 g/mol. The normalized spacial score (nSPS) is 19.5. The molecule has 0 aromatic heterocycles. The fourth-order valence-corrected chi connectivity index (χ4v) is 2.52. The molecule has 104 valence electrons. The average Bonchev–Trinajstić information content (AvgIpc) is 2.48. The Morgan fingerprint density at radius 1 is 1.32 bits per heavy atom. The summed E-state index contributed by atoms with van der Waals surface area (Å²) in [6.07, 6.45) is 2.44. The van der Waals surface area contributed by atoms with Crippen molar-refractivity contribution in [3.63, 3.8) is 0 Å². The van der Waals surface area contributed by atoms with Gasteiger partial charge >= 0.3 is 0 Å². The number of nitrogens with zero attached hydrogens (tertiary/aromatic N) is 1. The van der Waals surface area contributed by atoms with Crippen molar-refractivity contribution in [2.45, 2.75) is 25.8 Å². The molecule has 19 heavy (non-hydrogen) atoms. The lowest BCUT2D eigenvalue weighted by Gasteiger charge is -2.32. The number of benzene rings is 1. The largest absolute Gasteiger partial charge is 0.396 e. The van der Waals surface area contributed by atoms with Gasteiger partial charge in [0.15, 0.2) is 0 Å². The second-order valence-corrected chi connectivity index (χ2v) is 5.23. The van der Waals surface area contributed by atoms with Gasteiger partial charge in [-0.2, -0.15) is 0 Å². The van der Waals surface area contributed by atoms with E-state index < -0.39 is 0 Å². The number of nitrogens with two attached hydrogens (primary N) is 1. The van der Waals surface area contributed by atoms with Crippen LogP contribution in [0, 0.1) is 5.92 Å². The van der Waals surface area contributed by atoms with E-state index in [1.165, 1.54) is 0 Å². The summed E-state index contributed by atoms with van der Waals surface area (Å²) in [5.41, 5.74) is 7.65. The van der Waals surface area contributed by atoms with Crippen LogP contribution in [0.2, 0.25) is 0 Å². The highest BCUT2D eigenvalue weighted by molar-refractivity contribution is 5.78. The quantitative estimate of drug-likeness (QED) is 0.848. The first-order valence-corrected chi connectivity index (χ1v) is 6.89. The summed E-state index contributed by atoms with van der Waals surface area (Å²) >= 11 is 0. The van der Waals surface area contributed by atoms with Crippen LogP contribution in [0.15, 0.2) is 24.3 Å². The first-order chi connectivity index (χ1) is 9.22.